The largest absolute Gasteiger partial charge is 0.461 e. The first-order valence-corrected chi connectivity index (χ1v) is 7.76. The Balaban J connectivity index is 1.73. The topological polar surface area (TPSA) is 54.5 Å². The number of esters is 1. The van der Waals surface area contributed by atoms with Gasteiger partial charge >= 0.3 is 5.97 Å². The number of likely N-dealkylation sites (tertiary alicyclic amines) is 1. The number of rotatable bonds is 7. The Labute approximate surface area is 118 Å². The van der Waals surface area contributed by atoms with Gasteiger partial charge in [-0.2, -0.15) is 0 Å². The van der Waals surface area contributed by atoms with E-state index >= 15 is 0 Å². The molecule has 0 unspecified atom stereocenters. The number of nitrogens with zero attached hydrogens (tertiary/aromatic N) is 2. The van der Waals surface area contributed by atoms with E-state index in [1.165, 1.54) is 37.3 Å². The molecule has 1 saturated heterocycles. The zero-order valence-electron chi connectivity index (χ0n) is 11.4. The zero-order valence-corrected chi connectivity index (χ0v) is 12.2. The van der Waals surface area contributed by atoms with Crippen LogP contribution in [-0.4, -0.2) is 48.6 Å². The van der Waals surface area contributed by atoms with Crippen molar-refractivity contribution in [3.8, 4) is 0 Å². The SMILES string of the molecule is CCOC(=O)c1ncsc1NCCCN1CCCC1. The Hall–Kier alpha value is -1.14. The number of thiazole rings is 1. The van der Waals surface area contributed by atoms with Gasteiger partial charge in [0.05, 0.1) is 12.1 Å². The lowest BCUT2D eigenvalue weighted by Gasteiger charge is -2.14. The molecule has 1 aliphatic heterocycles. The number of aromatic nitrogens is 1. The number of ether oxygens (including phenoxy) is 1. The Morgan fingerprint density at radius 2 is 2.32 bits per heavy atom. The number of hydrogen-bond acceptors (Lipinski definition) is 6. The summed E-state index contributed by atoms with van der Waals surface area (Å²) in [5, 5.41) is 4.10. The highest BCUT2D eigenvalue weighted by Gasteiger charge is 2.16. The van der Waals surface area contributed by atoms with E-state index in [9.17, 15) is 4.79 Å². The Bertz CT molecular complexity index is 402. The second-order valence-electron chi connectivity index (χ2n) is 4.58. The molecule has 19 heavy (non-hydrogen) atoms. The molecule has 6 heteroatoms. The van der Waals surface area contributed by atoms with E-state index in [0.29, 0.717) is 12.3 Å². The van der Waals surface area contributed by atoms with Crippen molar-refractivity contribution in [3.05, 3.63) is 11.2 Å². The average molecular weight is 283 g/mol. The smallest absolute Gasteiger partial charge is 0.360 e. The quantitative estimate of drug-likeness (QED) is 0.614. The maximum atomic E-state index is 11.6. The van der Waals surface area contributed by atoms with E-state index in [2.05, 4.69) is 15.2 Å². The van der Waals surface area contributed by atoms with Gasteiger partial charge in [0.15, 0.2) is 5.69 Å². The monoisotopic (exact) mass is 283 g/mol. The normalized spacial score (nSPS) is 15.6. The molecule has 1 aliphatic rings. The Morgan fingerprint density at radius 3 is 3.05 bits per heavy atom. The van der Waals surface area contributed by atoms with Crippen LogP contribution in [0.5, 0.6) is 0 Å². The molecule has 0 spiro atoms. The van der Waals surface area contributed by atoms with Gasteiger partial charge in [-0.3, -0.25) is 0 Å². The molecule has 1 N–H and O–H groups in total. The molecular formula is C13H21N3O2S. The number of anilines is 1. The third-order valence-electron chi connectivity index (χ3n) is 3.17. The highest BCUT2D eigenvalue weighted by molar-refractivity contribution is 7.14. The van der Waals surface area contributed by atoms with Crippen molar-refractivity contribution in [3.63, 3.8) is 0 Å². The van der Waals surface area contributed by atoms with Gasteiger partial charge in [0.2, 0.25) is 0 Å². The predicted molar refractivity (Wildman–Crippen MR) is 76.9 cm³/mol. The molecule has 1 aromatic rings. The first-order valence-electron chi connectivity index (χ1n) is 6.88. The maximum absolute atomic E-state index is 11.6. The molecule has 106 valence electrons. The molecule has 2 heterocycles. The molecule has 1 aromatic heterocycles. The third kappa shape index (κ3) is 4.18. The fourth-order valence-corrected chi connectivity index (χ4v) is 2.92. The standard InChI is InChI=1S/C13H21N3O2S/c1-2-18-13(17)11-12(19-10-15-11)14-6-5-9-16-7-3-4-8-16/h10,14H,2-9H2,1H3. The molecule has 0 radical (unpaired) electrons. The summed E-state index contributed by atoms with van der Waals surface area (Å²) >= 11 is 1.45. The third-order valence-corrected chi connectivity index (χ3v) is 3.96. The van der Waals surface area contributed by atoms with Gasteiger partial charge in [0, 0.05) is 6.54 Å². The lowest BCUT2D eigenvalue weighted by molar-refractivity contribution is 0.0521. The Morgan fingerprint density at radius 1 is 1.53 bits per heavy atom. The summed E-state index contributed by atoms with van der Waals surface area (Å²) in [4.78, 5) is 18.2. The van der Waals surface area contributed by atoms with Crippen LogP contribution in [0.2, 0.25) is 0 Å². The lowest BCUT2D eigenvalue weighted by atomic mass is 10.3. The molecule has 2 rings (SSSR count). The molecular weight excluding hydrogens is 262 g/mol. The van der Waals surface area contributed by atoms with Gasteiger partial charge in [-0.15, -0.1) is 11.3 Å². The summed E-state index contributed by atoms with van der Waals surface area (Å²) < 4.78 is 4.97. The van der Waals surface area contributed by atoms with Crippen molar-refractivity contribution in [2.24, 2.45) is 0 Å². The van der Waals surface area contributed by atoms with Gasteiger partial charge in [0.25, 0.3) is 0 Å². The molecule has 0 atom stereocenters. The van der Waals surface area contributed by atoms with Crippen molar-refractivity contribution >= 4 is 22.3 Å². The van der Waals surface area contributed by atoms with E-state index in [4.69, 9.17) is 4.74 Å². The van der Waals surface area contributed by atoms with Crippen molar-refractivity contribution in [1.29, 1.82) is 0 Å². The second kappa shape index (κ2) is 7.45. The summed E-state index contributed by atoms with van der Waals surface area (Å²) in [7, 11) is 0. The van der Waals surface area contributed by atoms with Crippen molar-refractivity contribution in [2.75, 3.05) is 38.1 Å². The summed E-state index contributed by atoms with van der Waals surface area (Å²) in [6.07, 6.45) is 3.74. The van der Waals surface area contributed by atoms with Crippen molar-refractivity contribution in [1.82, 2.24) is 9.88 Å². The molecule has 0 aromatic carbocycles. The maximum Gasteiger partial charge on any atom is 0.360 e. The van der Waals surface area contributed by atoms with Crippen LogP contribution in [0.15, 0.2) is 5.51 Å². The van der Waals surface area contributed by atoms with Crippen LogP contribution in [0.25, 0.3) is 0 Å². The van der Waals surface area contributed by atoms with E-state index in [1.807, 2.05) is 0 Å². The Kier molecular flexibility index (Phi) is 5.60. The summed E-state index contributed by atoms with van der Waals surface area (Å²) in [5.74, 6) is -0.342. The van der Waals surface area contributed by atoms with Crippen LogP contribution < -0.4 is 5.32 Å². The van der Waals surface area contributed by atoms with E-state index in [-0.39, 0.29) is 5.97 Å². The van der Waals surface area contributed by atoms with Crippen LogP contribution in [0.3, 0.4) is 0 Å². The van der Waals surface area contributed by atoms with E-state index < -0.39 is 0 Å². The van der Waals surface area contributed by atoms with E-state index in [1.54, 1.807) is 12.4 Å². The highest BCUT2D eigenvalue weighted by atomic mass is 32.1. The van der Waals surface area contributed by atoms with Crippen molar-refractivity contribution < 1.29 is 9.53 Å². The average Bonchev–Trinajstić information content (AvgIpc) is 3.06. The number of carbonyl (C=O) groups is 1. The van der Waals surface area contributed by atoms with Gasteiger partial charge in [-0.05, 0) is 45.8 Å². The summed E-state index contributed by atoms with van der Waals surface area (Å²) in [5.41, 5.74) is 2.09. The van der Waals surface area contributed by atoms with Crippen LogP contribution in [0.1, 0.15) is 36.7 Å². The van der Waals surface area contributed by atoms with Gasteiger partial charge < -0.3 is 15.0 Å². The molecule has 0 saturated carbocycles. The first-order chi connectivity index (χ1) is 9.31. The minimum absolute atomic E-state index is 0.342. The number of nitrogens with one attached hydrogen (secondary N) is 1. The summed E-state index contributed by atoms with van der Waals surface area (Å²) in [6.45, 7) is 6.63. The zero-order chi connectivity index (χ0) is 13.5. The summed E-state index contributed by atoms with van der Waals surface area (Å²) in [6, 6.07) is 0. The predicted octanol–water partition coefficient (Wildman–Crippen LogP) is 2.22. The van der Waals surface area contributed by atoms with Gasteiger partial charge in [-0.25, -0.2) is 9.78 Å². The van der Waals surface area contributed by atoms with Crippen LogP contribution in [0, 0.1) is 0 Å². The molecule has 5 nitrogen and oxygen atoms in total. The minimum Gasteiger partial charge on any atom is -0.461 e. The fraction of sp³-hybridized carbons (Fsp3) is 0.692. The fourth-order valence-electron chi connectivity index (χ4n) is 2.23. The molecule has 1 fully saturated rings. The van der Waals surface area contributed by atoms with Gasteiger partial charge in [0.1, 0.15) is 5.00 Å². The van der Waals surface area contributed by atoms with Crippen LogP contribution in [0.4, 0.5) is 5.00 Å². The highest BCUT2D eigenvalue weighted by Crippen LogP contribution is 2.21. The van der Waals surface area contributed by atoms with Crippen molar-refractivity contribution in [2.45, 2.75) is 26.2 Å². The first kappa shape index (κ1) is 14.3. The second-order valence-corrected chi connectivity index (χ2v) is 5.43. The minimum atomic E-state index is -0.342. The number of hydrogen-bond donors (Lipinski definition) is 1. The van der Waals surface area contributed by atoms with Crippen LogP contribution in [-0.2, 0) is 4.74 Å². The van der Waals surface area contributed by atoms with E-state index in [0.717, 1.165) is 24.5 Å². The molecule has 0 bridgehead atoms. The molecule has 0 aliphatic carbocycles. The van der Waals surface area contributed by atoms with Gasteiger partial charge in [-0.1, -0.05) is 0 Å². The van der Waals surface area contributed by atoms with Crippen LogP contribution >= 0.6 is 11.3 Å². The lowest BCUT2D eigenvalue weighted by Crippen LogP contribution is -2.22. The number of carbonyl (C=O) groups excluding carboxylic acids is 1. The molecule has 0 amide bonds.